The lowest BCUT2D eigenvalue weighted by atomic mass is 9.99. The fourth-order valence-corrected chi connectivity index (χ4v) is 13.7. The van der Waals surface area contributed by atoms with Gasteiger partial charge in [0.25, 0.3) is 0 Å². The van der Waals surface area contributed by atoms with E-state index < -0.39 is 7.26 Å². The Balaban J connectivity index is 0.00000208. The Morgan fingerprint density at radius 1 is 0.625 bits per heavy atom. The average molecular weight is 414 g/mol. The fourth-order valence-electron chi connectivity index (χ4n) is 6.37. The highest BCUT2D eigenvalue weighted by molar-refractivity contribution is 7.77. The zero-order chi connectivity index (χ0) is 16.0. The summed E-state index contributed by atoms with van der Waals surface area (Å²) in [6, 6.07) is 2.57. The molecule has 1 nitrogen and oxygen atoms in total. The predicted molar refractivity (Wildman–Crippen MR) is 103 cm³/mol. The number of hydrogen-bond acceptors (Lipinski definition) is 1. The Morgan fingerprint density at radius 3 is 1.25 bits per heavy atom. The molecule has 24 heavy (non-hydrogen) atoms. The van der Waals surface area contributed by atoms with Crippen LogP contribution in [-0.2, 0) is 0 Å². The summed E-state index contributed by atoms with van der Waals surface area (Å²) < 4.78 is 0. The van der Waals surface area contributed by atoms with Crippen molar-refractivity contribution >= 4 is 7.26 Å². The van der Waals surface area contributed by atoms with Crippen molar-refractivity contribution in [3.63, 3.8) is 0 Å². The number of halogens is 1. The van der Waals surface area contributed by atoms with Gasteiger partial charge in [0.05, 0.1) is 35.6 Å². The summed E-state index contributed by atoms with van der Waals surface area (Å²) in [5.41, 5.74) is 3.15. The van der Waals surface area contributed by atoms with Crippen LogP contribution in [0.4, 0.5) is 0 Å². The minimum atomic E-state index is -0.961. The van der Waals surface area contributed by atoms with E-state index in [0.29, 0.717) is 0 Å². The Bertz CT molecular complexity index is 342. The lowest BCUT2D eigenvalue weighted by Gasteiger charge is -2.48. The van der Waals surface area contributed by atoms with E-state index in [1.807, 2.05) is 0 Å². The molecule has 0 amide bonds. The summed E-state index contributed by atoms with van der Waals surface area (Å²) >= 11 is 0. The van der Waals surface area contributed by atoms with Crippen molar-refractivity contribution in [2.45, 2.75) is 120 Å². The van der Waals surface area contributed by atoms with Crippen molar-refractivity contribution in [2.24, 2.45) is 0 Å². The minimum absolute atomic E-state index is 0. The van der Waals surface area contributed by atoms with Crippen LogP contribution in [0.1, 0.15) is 103 Å². The molecule has 3 fully saturated rings. The molecule has 0 radical (unpaired) electrons. The zero-order valence-corrected chi connectivity index (χ0v) is 18.0. The number of nitrogens with zero attached hydrogens (tertiary/aromatic N) is 1. The minimum Gasteiger partial charge on any atom is -1.00 e. The van der Waals surface area contributed by atoms with E-state index in [4.69, 9.17) is 0 Å². The van der Waals surface area contributed by atoms with Crippen LogP contribution in [0.3, 0.4) is 0 Å². The molecule has 0 unspecified atom stereocenters. The fraction of sp³-hybridized carbons (Fsp3) is 0.952. The van der Waals surface area contributed by atoms with Gasteiger partial charge in [-0.15, -0.1) is 0 Å². The van der Waals surface area contributed by atoms with Gasteiger partial charge in [0.2, 0.25) is 0 Å². The molecule has 0 aromatic rings. The molecule has 0 aliphatic heterocycles. The second-order valence-electron chi connectivity index (χ2n) is 8.50. The lowest BCUT2D eigenvalue weighted by Crippen LogP contribution is -3.00. The van der Waals surface area contributed by atoms with Gasteiger partial charge in [0, 0.05) is 7.26 Å². The third-order valence-corrected chi connectivity index (χ3v) is 14.0. The molecule has 0 N–H and O–H groups in total. The largest absolute Gasteiger partial charge is 1.00 e. The quantitative estimate of drug-likeness (QED) is 0.626. The maximum absolute atomic E-state index is 9.39. The van der Waals surface area contributed by atoms with Gasteiger partial charge in [0.1, 0.15) is 0 Å². The van der Waals surface area contributed by atoms with Crippen molar-refractivity contribution in [1.82, 2.24) is 0 Å². The molecule has 0 aromatic heterocycles. The Hall–Kier alpha value is 0.400. The molecule has 138 valence electrons. The Labute approximate surface area is 161 Å². The van der Waals surface area contributed by atoms with E-state index in [9.17, 15) is 5.26 Å². The molecule has 3 saturated carbocycles. The summed E-state index contributed by atoms with van der Waals surface area (Å²) in [4.78, 5) is 0. The van der Waals surface area contributed by atoms with Crippen molar-refractivity contribution in [2.75, 3.05) is 6.16 Å². The van der Waals surface area contributed by atoms with Gasteiger partial charge in [-0.1, -0.05) is 19.3 Å². The van der Waals surface area contributed by atoms with Gasteiger partial charge < -0.3 is 17.0 Å². The first kappa shape index (κ1) is 20.7. The van der Waals surface area contributed by atoms with Crippen molar-refractivity contribution < 1.29 is 17.0 Å². The molecular formula is C21H37BrNP. The van der Waals surface area contributed by atoms with E-state index in [0.717, 1.165) is 23.4 Å². The first-order valence-corrected chi connectivity index (χ1v) is 12.8. The van der Waals surface area contributed by atoms with E-state index in [1.165, 1.54) is 102 Å². The van der Waals surface area contributed by atoms with Crippen molar-refractivity contribution in [1.29, 1.82) is 5.26 Å². The highest BCUT2D eigenvalue weighted by atomic mass is 79.9. The van der Waals surface area contributed by atoms with Gasteiger partial charge in [-0.05, 0) is 77.0 Å². The van der Waals surface area contributed by atoms with Crippen LogP contribution in [0.5, 0.6) is 0 Å². The van der Waals surface area contributed by atoms with Crippen LogP contribution >= 0.6 is 7.26 Å². The van der Waals surface area contributed by atoms with Gasteiger partial charge >= 0.3 is 0 Å². The predicted octanol–water partition coefficient (Wildman–Crippen LogP) is 3.92. The highest BCUT2D eigenvalue weighted by Gasteiger charge is 2.56. The molecule has 0 heterocycles. The van der Waals surface area contributed by atoms with Gasteiger partial charge in [0.15, 0.2) is 0 Å². The number of rotatable bonds is 5. The molecule has 3 aliphatic carbocycles. The second kappa shape index (κ2) is 10.5. The van der Waals surface area contributed by atoms with Gasteiger partial charge in [-0.3, -0.25) is 0 Å². The molecular weight excluding hydrogens is 377 g/mol. The molecule has 3 heteroatoms. The van der Waals surface area contributed by atoms with Crippen molar-refractivity contribution in [3.05, 3.63) is 0 Å². The van der Waals surface area contributed by atoms with Gasteiger partial charge in [-0.25, -0.2) is 0 Å². The molecule has 3 rings (SSSR count). The van der Waals surface area contributed by atoms with E-state index >= 15 is 0 Å². The summed E-state index contributed by atoms with van der Waals surface area (Å²) in [7, 11) is -0.961. The highest BCUT2D eigenvalue weighted by Crippen LogP contribution is 2.77. The third kappa shape index (κ3) is 4.57. The number of nitriles is 1. The Morgan fingerprint density at radius 2 is 0.958 bits per heavy atom. The lowest BCUT2D eigenvalue weighted by molar-refractivity contribution is -0.00000512. The normalized spacial score (nSPS) is 25.0. The number of hydrogen-bond donors (Lipinski definition) is 0. The summed E-state index contributed by atoms with van der Waals surface area (Å²) in [6.45, 7) is 0. The second-order valence-corrected chi connectivity index (χ2v) is 13.1. The first-order valence-electron chi connectivity index (χ1n) is 10.6. The van der Waals surface area contributed by atoms with Crippen LogP contribution in [0.25, 0.3) is 0 Å². The van der Waals surface area contributed by atoms with Crippen molar-refractivity contribution in [3.8, 4) is 6.07 Å². The maximum atomic E-state index is 9.39. The smallest absolute Gasteiger partial charge is 0.0732 e. The monoisotopic (exact) mass is 413 g/mol. The first-order chi connectivity index (χ1) is 11.4. The van der Waals surface area contributed by atoms with Crippen LogP contribution in [0.15, 0.2) is 0 Å². The van der Waals surface area contributed by atoms with Crippen LogP contribution in [0, 0.1) is 11.3 Å². The van der Waals surface area contributed by atoms with E-state index in [2.05, 4.69) is 6.07 Å². The SMILES string of the molecule is N#CCC[P+](C1CCCCC1)(C1CCCCC1)C1CCCCC1.[Br-]. The molecule has 0 bridgehead atoms. The summed E-state index contributed by atoms with van der Waals surface area (Å²) in [5.74, 6) is 0. The van der Waals surface area contributed by atoms with E-state index in [1.54, 1.807) is 0 Å². The third-order valence-electron chi connectivity index (χ3n) is 7.37. The zero-order valence-electron chi connectivity index (χ0n) is 15.5. The maximum Gasteiger partial charge on any atom is 0.0732 e. The summed E-state index contributed by atoms with van der Waals surface area (Å²) in [5, 5.41) is 9.39. The van der Waals surface area contributed by atoms with Crippen LogP contribution in [0.2, 0.25) is 0 Å². The van der Waals surface area contributed by atoms with E-state index in [-0.39, 0.29) is 17.0 Å². The van der Waals surface area contributed by atoms with Gasteiger partial charge in [-0.2, -0.15) is 5.26 Å². The molecule has 0 spiro atoms. The topological polar surface area (TPSA) is 23.8 Å². The molecule has 0 atom stereocenters. The Kier molecular flexibility index (Phi) is 9.08. The molecule has 3 aliphatic rings. The standard InChI is InChI=1S/C21H37NP.BrH/c22-17-10-18-23(19-11-4-1-5-12-19,20-13-6-2-7-14-20)21-15-8-3-9-16-21;/h19-21H,1-16,18H2;1H/q+1;/p-1. The summed E-state index contributed by atoms with van der Waals surface area (Å²) in [6.07, 6.45) is 24.7. The average Bonchev–Trinajstić information content (AvgIpc) is 2.65. The molecule has 0 saturated heterocycles. The van der Waals surface area contributed by atoms with Crippen LogP contribution in [-0.4, -0.2) is 23.1 Å². The van der Waals surface area contributed by atoms with Crippen LogP contribution < -0.4 is 17.0 Å². The molecule has 0 aromatic carbocycles.